The number of fused-ring (bicyclic) bond motifs is 10. The van der Waals surface area contributed by atoms with Crippen molar-refractivity contribution in [3.8, 4) is 115 Å². The highest BCUT2D eigenvalue weighted by Crippen LogP contribution is 2.67. The number of phenols is 15. The lowest BCUT2D eigenvalue weighted by atomic mass is 9.71. The highest BCUT2D eigenvalue weighted by molar-refractivity contribution is 5.74. The molecular weight excluding hydrogens is 1100 g/mol. The van der Waals surface area contributed by atoms with Gasteiger partial charge in [0, 0.05) is 81.3 Å². The fraction of sp³-hybridized carbons (Fsp3) is 0.200. The minimum absolute atomic E-state index is 0.0872. The molecule has 0 spiro atoms. The molecule has 5 aliphatic rings. The molecule has 0 fully saturated rings. The molecule has 0 unspecified atom stereocenters. The molecule has 0 aromatic heterocycles. The SMILES string of the molecule is Oc1cc(O)c2c(c1)O[C@@]1(c3ccc(O)c(O)c3)Oc3cc(O)c4c(c3[C@@H]2[C@H]1O)O[C@@H](c1ccc(O)c(O)c1)[C@H](O)[C@H]4c1c(O)cc(O)c2c1O[C@H](c1ccc(O)c(O)c1)[C@H](O)[C@H]2c1c(O)cc(O)c2c1O[C@@H](c1ccc(O)c(O)c1)[C@H](O)C2. The molecule has 2 bridgehead atoms. The van der Waals surface area contributed by atoms with E-state index in [1.165, 1.54) is 24.3 Å². The topological polar surface area (TPSA) is 431 Å². The summed E-state index contributed by atoms with van der Waals surface area (Å²) in [5.74, 6) is -20.1. The van der Waals surface area contributed by atoms with E-state index in [0.29, 0.717) is 0 Å². The van der Waals surface area contributed by atoms with Crippen LogP contribution in [-0.4, -0.2) is 121 Å². The summed E-state index contributed by atoms with van der Waals surface area (Å²) in [7, 11) is 0. The molecule has 8 aromatic carbocycles. The highest BCUT2D eigenvalue weighted by Gasteiger charge is 2.61. The molecule has 24 nitrogen and oxygen atoms in total. The molecule has 5 heterocycles. The van der Waals surface area contributed by atoms with E-state index in [0.717, 1.165) is 78.9 Å². The molecule has 0 aliphatic carbocycles. The number of ether oxygens (including phenoxy) is 5. The van der Waals surface area contributed by atoms with Crippen LogP contribution in [-0.2, 0) is 12.2 Å². The Morgan fingerprint density at radius 2 is 0.738 bits per heavy atom. The zero-order valence-electron chi connectivity index (χ0n) is 42.8. The predicted octanol–water partition coefficient (Wildman–Crippen LogP) is 5.69. The number of benzene rings is 8. The number of hydrogen-bond acceptors (Lipinski definition) is 24. The number of aliphatic hydroxyl groups is 4. The van der Waals surface area contributed by atoms with Gasteiger partial charge < -0.3 is 121 Å². The van der Waals surface area contributed by atoms with Gasteiger partial charge in [0.1, 0.15) is 93.4 Å². The Hall–Kier alpha value is -10.4. The smallest absolute Gasteiger partial charge is 0.305 e. The van der Waals surface area contributed by atoms with E-state index in [-0.39, 0.29) is 56.2 Å². The molecular formula is C60H48O24. The van der Waals surface area contributed by atoms with Crippen LogP contribution in [0.4, 0.5) is 0 Å². The average molecular weight is 1150 g/mol. The minimum Gasteiger partial charge on any atom is -0.508 e. The fourth-order valence-electron chi connectivity index (χ4n) is 12.6. The van der Waals surface area contributed by atoms with Crippen molar-refractivity contribution in [2.75, 3.05) is 0 Å². The van der Waals surface area contributed by atoms with E-state index in [1.54, 1.807) is 0 Å². The number of hydrogen-bond donors (Lipinski definition) is 19. The molecule has 0 radical (unpaired) electrons. The third kappa shape index (κ3) is 7.68. The van der Waals surface area contributed by atoms with Crippen LogP contribution in [0.1, 0.15) is 97.3 Å². The van der Waals surface area contributed by atoms with Crippen LogP contribution >= 0.6 is 0 Å². The lowest BCUT2D eigenvalue weighted by Gasteiger charge is -2.51. The van der Waals surface area contributed by atoms with E-state index in [1.807, 2.05) is 0 Å². The zero-order chi connectivity index (χ0) is 59.4. The monoisotopic (exact) mass is 1150 g/mol. The van der Waals surface area contributed by atoms with E-state index in [4.69, 9.17) is 23.7 Å². The van der Waals surface area contributed by atoms with E-state index in [9.17, 15) is 97.0 Å². The zero-order valence-corrected chi connectivity index (χ0v) is 42.8. The summed E-state index contributed by atoms with van der Waals surface area (Å²) in [6.45, 7) is 0. The Morgan fingerprint density at radius 1 is 0.333 bits per heavy atom. The predicted molar refractivity (Wildman–Crippen MR) is 283 cm³/mol. The molecule has 0 saturated heterocycles. The van der Waals surface area contributed by atoms with Crippen molar-refractivity contribution in [3.63, 3.8) is 0 Å². The van der Waals surface area contributed by atoms with Crippen LogP contribution < -0.4 is 23.7 Å². The van der Waals surface area contributed by atoms with Crippen molar-refractivity contribution in [1.29, 1.82) is 0 Å². The first-order valence-electron chi connectivity index (χ1n) is 25.8. The molecule has 432 valence electrons. The number of phenolic OH excluding ortho intramolecular Hbond substituents is 15. The first kappa shape index (κ1) is 52.9. The van der Waals surface area contributed by atoms with Crippen LogP contribution in [0.2, 0.25) is 0 Å². The van der Waals surface area contributed by atoms with Gasteiger partial charge >= 0.3 is 5.79 Å². The summed E-state index contributed by atoms with van der Waals surface area (Å²) in [5.41, 5.74) is -2.64. The Bertz CT molecular complexity index is 4110. The number of aromatic hydroxyl groups is 15. The summed E-state index contributed by atoms with van der Waals surface area (Å²) in [6.07, 6.45) is -13.0. The van der Waals surface area contributed by atoms with Gasteiger partial charge in [-0.15, -0.1) is 0 Å². The Morgan fingerprint density at radius 3 is 1.24 bits per heavy atom. The van der Waals surface area contributed by atoms with Crippen molar-refractivity contribution >= 4 is 0 Å². The first-order chi connectivity index (χ1) is 40.0. The van der Waals surface area contributed by atoms with E-state index >= 15 is 0 Å². The van der Waals surface area contributed by atoms with Crippen LogP contribution in [0.3, 0.4) is 0 Å². The van der Waals surface area contributed by atoms with Gasteiger partial charge in [-0.2, -0.15) is 0 Å². The lowest BCUT2D eigenvalue weighted by molar-refractivity contribution is -0.219. The first-order valence-corrected chi connectivity index (χ1v) is 25.8. The molecule has 5 aliphatic heterocycles. The minimum atomic E-state index is -2.44. The van der Waals surface area contributed by atoms with Gasteiger partial charge in [-0.1, -0.05) is 18.2 Å². The summed E-state index contributed by atoms with van der Waals surface area (Å²) in [6, 6.07) is 18.2. The Balaban J connectivity index is 1.09. The Kier molecular flexibility index (Phi) is 11.7. The van der Waals surface area contributed by atoms with Crippen LogP contribution in [0.25, 0.3) is 0 Å². The molecule has 0 amide bonds. The maximum Gasteiger partial charge on any atom is 0.305 e. The molecule has 24 heteroatoms. The van der Waals surface area contributed by atoms with Crippen molar-refractivity contribution in [1.82, 2.24) is 0 Å². The van der Waals surface area contributed by atoms with Gasteiger partial charge in [-0.05, 0) is 71.3 Å². The third-order valence-electron chi connectivity index (χ3n) is 16.4. The standard InChI is InChI=1S/C60H48O24/c61-23-13-34(71)42-40(14-23)83-60(22-4-8-28(65)33(70)12-22)59(79)50(42)47-41(84-60)18-38(75)46-49(52(78)55(82-58(46)47)21-3-7-27(64)32(69)11-21)45-37(74)17-36(73)44-48(51(77)54(81-57(44)45)20-2-6-26(63)31(68)10-20)43-35(72)16-29(66)24-15-39(76)53(80-56(24)43)19-1-5-25(62)30(67)9-19/h1-14,16-18,39,48-55,59,61-79H,15H2/t39-,48+,49+,50-,51-,52-,53+,54-,55+,59-,60+/m1/s1. The van der Waals surface area contributed by atoms with E-state index < -0.39 is 193 Å². The molecule has 13 rings (SSSR count). The van der Waals surface area contributed by atoms with Gasteiger partial charge in [0.2, 0.25) is 0 Å². The second-order valence-corrected chi connectivity index (χ2v) is 21.2. The van der Waals surface area contributed by atoms with Crippen molar-refractivity contribution in [2.45, 2.75) is 72.7 Å². The van der Waals surface area contributed by atoms with Crippen molar-refractivity contribution < 1.29 is 121 Å². The number of rotatable bonds is 6. The van der Waals surface area contributed by atoms with Gasteiger partial charge in [0.05, 0.1) is 23.9 Å². The lowest BCUT2D eigenvalue weighted by Crippen LogP contribution is -2.57. The van der Waals surface area contributed by atoms with Crippen LogP contribution in [0, 0.1) is 0 Å². The van der Waals surface area contributed by atoms with Crippen LogP contribution in [0.5, 0.6) is 115 Å². The van der Waals surface area contributed by atoms with Crippen molar-refractivity contribution in [3.05, 3.63) is 164 Å². The van der Waals surface area contributed by atoms with Gasteiger partial charge in [-0.25, -0.2) is 0 Å². The largest absolute Gasteiger partial charge is 0.508 e. The maximum absolute atomic E-state index is 13.1. The second kappa shape index (κ2) is 18.6. The normalized spacial score (nSPS) is 25.1. The maximum atomic E-state index is 13.1. The van der Waals surface area contributed by atoms with Gasteiger partial charge in [0.25, 0.3) is 0 Å². The van der Waals surface area contributed by atoms with Gasteiger partial charge in [-0.3, -0.25) is 0 Å². The summed E-state index contributed by atoms with van der Waals surface area (Å²) >= 11 is 0. The van der Waals surface area contributed by atoms with E-state index in [2.05, 4.69) is 0 Å². The molecule has 84 heavy (non-hydrogen) atoms. The average Bonchev–Trinajstić information content (AvgIpc) is 0.881. The van der Waals surface area contributed by atoms with Crippen LogP contribution in [0.15, 0.2) is 103 Å². The molecule has 8 aromatic rings. The molecule has 19 N–H and O–H groups in total. The summed E-state index contributed by atoms with van der Waals surface area (Å²) in [5, 5.41) is 218. The number of aliphatic hydroxyl groups excluding tert-OH is 4. The molecule has 0 saturated carbocycles. The Labute approximate surface area is 471 Å². The quantitative estimate of drug-likeness (QED) is 0.0889. The summed E-state index contributed by atoms with van der Waals surface area (Å²) < 4.78 is 32.7. The second-order valence-electron chi connectivity index (χ2n) is 21.2. The summed E-state index contributed by atoms with van der Waals surface area (Å²) in [4.78, 5) is 0. The molecule has 11 atom stereocenters. The highest BCUT2D eigenvalue weighted by atomic mass is 16.7. The third-order valence-corrected chi connectivity index (χ3v) is 16.4. The van der Waals surface area contributed by atoms with Crippen molar-refractivity contribution in [2.24, 2.45) is 0 Å². The van der Waals surface area contributed by atoms with Gasteiger partial charge in [0.15, 0.2) is 58.2 Å². The fourth-order valence-corrected chi connectivity index (χ4v) is 12.6.